The summed E-state index contributed by atoms with van der Waals surface area (Å²) in [6, 6.07) is 10.9. The Morgan fingerprint density at radius 2 is 2.14 bits per heavy atom. The van der Waals surface area contributed by atoms with E-state index in [2.05, 4.69) is 53.8 Å². The lowest BCUT2D eigenvalue weighted by Gasteiger charge is -2.02. The second kappa shape index (κ2) is 12.4. The number of benzene rings is 1. The first-order valence-electron chi connectivity index (χ1n) is 10.1. The van der Waals surface area contributed by atoms with Gasteiger partial charge in [0, 0.05) is 16.0 Å². The van der Waals surface area contributed by atoms with Gasteiger partial charge in [-0.2, -0.15) is 0 Å². The van der Waals surface area contributed by atoms with Gasteiger partial charge in [0.05, 0.1) is 7.11 Å². The van der Waals surface area contributed by atoms with Gasteiger partial charge in [-0.25, -0.2) is 0 Å². The van der Waals surface area contributed by atoms with Gasteiger partial charge in [-0.15, -0.1) is 11.3 Å². The van der Waals surface area contributed by atoms with E-state index in [1.807, 2.05) is 30.4 Å². The minimum atomic E-state index is -0.121. The molecule has 0 spiro atoms. The standard InChI is InChI=1S/C17H18S.C8H14O2/c1-13-6-4-8-14(13)9-5-10-16-12-15-7-2-3-11-17(15)18-16;1-3-4-5-6-7-8(9)10-2/h2-3,5,7,9,11-12,14H,1,4,6,8,10H2;3-4H,5-7H2,1-2H3/b9-5+;4-3-. The van der Waals surface area contributed by atoms with Crippen LogP contribution in [-0.2, 0) is 16.0 Å². The zero-order valence-corrected chi connectivity index (χ0v) is 18.0. The van der Waals surface area contributed by atoms with E-state index in [0.29, 0.717) is 12.3 Å². The lowest BCUT2D eigenvalue weighted by molar-refractivity contribution is -0.140. The summed E-state index contributed by atoms with van der Waals surface area (Å²) in [4.78, 5) is 12.0. The summed E-state index contributed by atoms with van der Waals surface area (Å²) in [5.74, 6) is 0.517. The van der Waals surface area contributed by atoms with E-state index in [1.54, 1.807) is 0 Å². The lowest BCUT2D eigenvalue weighted by atomic mass is 10.0. The van der Waals surface area contributed by atoms with Crippen LogP contribution in [0.2, 0.25) is 0 Å². The fourth-order valence-electron chi connectivity index (χ4n) is 3.29. The summed E-state index contributed by atoms with van der Waals surface area (Å²) in [6.07, 6.45) is 16.0. The van der Waals surface area contributed by atoms with Crippen LogP contribution >= 0.6 is 11.3 Å². The number of esters is 1. The van der Waals surface area contributed by atoms with Crippen molar-refractivity contribution in [2.24, 2.45) is 5.92 Å². The molecule has 1 aromatic heterocycles. The first kappa shape index (κ1) is 22.2. The van der Waals surface area contributed by atoms with Crippen LogP contribution in [0.15, 0.2) is 66.8 Å². The Balaban J connectivity index is 0.000000242. The van der Waals surface area contributed by atoms with E-state index in [1.165, 1.54) is 46.9 Å². The monoisotopic (exact) mass is 396 g/mol. The van der Waals surface area contributed by atoms with Gasteiger partial charge in [-0.3, -0.25) is 4.79 Å². The quantitative estimate of drug-likeness (QED) is 0.280. The summed E-state index contributed by atoms with van der Waals surface area (Å²) in [5, 5.41) is 1.37. The minimum absolute atomic E-state index is 0.121. The van der Waals surface area contributed by atoms with Crippen molar-refractivity contribution >= 4 is 27.4 Å². The van der Waals surface area contributed by atoms with Crippen LogP contribution < -0.4 is 0 Å². The van der Waals surface area contributed by atoms with Gasteiger partial charge >= 0.3 is 5.97 Å². The van der Waals surface area contributed by atoms with Crippen LogP contribution in [0.5, 0.6) is 0 Å². The molecule has 0 aliphatic heterocycles. The normalized spacial score (nSPS) is 16.6. The smallest absolute Gasteiger partial charge is 0.305 e. The molecule has 0 N–H and O–H groups in total. The maximum absolute atomic E-state index is 10.5. The molecule has 1 aliphatic carbocycles. The van der Waals surface area contributed by atoms with Gasteiger partial charge in [0.2, 0.25) is 0 Å². The second-order valence-corrected chi connectivity index (χ2v) is 8.25. The fraction of sp³-hybridized carbons (Fsp3) is 0.400. The maximum Gasteiger partial charge on any atom is 0.305 e. The molecule has 0 amide bonds. The van der Waals surface area contributed by atoms with Gasteiger partial charge in [0.15, 0.2) is 0 Å². The van der Waals surface area contributed by atoms with E-state index in [9.17, 15) is 4.79 Å². The number of carbonyl (C=O) groups is 1. The van der Waals surface area contributed by atoms with E-state index in [4.69, 9.17) is 0 Å². The third-order valence-electron chi connectivity index (χ3n) is 4.92. The first-order valence-corrected chi connectivity index (χ1v) is 11.0. The number of hydrogen-bond acceptors (Lipinski definition) is 3. The zero-order valence-electron chi connectivity index (χ0n) is 17.2. The second-order valence-electron chi connectivity index (χ2n) is 7.08. The molecule has 0 saturated heterocycles. The van der Waals surface area contributed by atoms with E-state index in [-0.39, 0.29) is 5.97 Å². The highest BCUT2D eigenvalue weighted by Crippen LogP contribution is 2.31. The van der Waals surface area contributed by atoms with Crippen LogP contribution in [0, 0.1) is 5.92 Å². The third kappa shape index (κ3) is 7.47. The topological polar surface area (TPSA) is 26.3 Å². The summed E-state index contributed by atoms with van der Waals surface area (Å²) in [5.41, 5.74) is 1.42. The van der Waals surface area contributed by atoms with E-state index < -0.39 is 0 Å². The maximum atomic E-state index is 10.5. The molecule has 2 nitrogen and oxygen atoms in total. The molecule has 1 aromatic carbocycles. The van der Waals surface area contributed by atoms with Crippen LogP contribution in [0.3, 0.4) is 0 Å². The molecule has 150 valence electrons. The Labute approximate surface area is 173 Å². The van der Waals surface area contributed by atoms with Gasteiger partial charge in [0.1, 0.15) is 0 Å². The summed E-state index contributed by atoms with van der Waals surface area (Å²) >= 11 is 1.91. The Bertz CT molecular complexity index is 780. The molecule has 1 aliphatic rings. The van der Waals surface area contributed by atoms with Crippen LogP contribution in [0.1, 0.15) is 50.3 Å². The van der Waals surface area contributed by atoms with E-state index >= 15 is 0 Å². The first-order chi connectivity index (χ1) is 13.6. The fourth-order valence-corrected chi connectivity index (χ4v) is 4.33. The third-order valence-corrected chi connectivity index (χ3v) is 6.05. The summed E-state index contributed by atoms with van der Waals surface area (Å²) in [7, 11) is 1.41. The molecule has 28 heavy (non-hydrogen) atoms. The number of unbranched alkanes of at least 4 members (excludes halogenated alkanes) is 1. The molecule has 1 atom stereocenters. The Kier molecular flexibility index (Phi) is 9.78. The van der Waals surface area contributed by atoms with Crippen LogP contribution in [0.25, 0.3) is 10.1 Å². The molecular formula is C25H32O2S. The molecule has 1 fully saturated rings. The molecule has 0 radical (unpaired) electrons. The van der Waals surface area contributed by atoms with E-state index in [0.717, 1.165) is 19.3 Å². The number of ether oxygens (including phenoxy) is 1. The van der Waals surface area contributed by atoms with Crippen molar-refractivity contribution < 1.29 is 9.53 Å². The largest absolute Gasteiger partial charge is 0.469 e. The highest BCUT2D eigenvalue weighted by molar-refractivity contribution is 7.19. The van der Waals surface area contributed by atoms with Crippen LogP contribution in [-0.4, -0.2) is 13.1 Å². The molecule has 2 aromatic rings. The molecule has 1 unspecified atom stereocenters. The molecule has 0 bridgehead atoms. The number of carbonyl (C=O) groups excluding carboxylic acids is 1. The average Bonchev–Trinajstić information content (AvgIpc) is 3.31. The van der Waals surface area contributed by atoms with Crippen molar-refractivity contribution in [1.29, 1.82) is 0 Å². The number of hydrogen-bond donors (Lipinski definition) is 0. The highest BCUT2D eigenvalue weighted by atomic mass is 32.1. The van der Waals surface area contributed by atoms with Gasteiger partial charge < -0.3 is 4.74 Å². The lowest BCUT2D eigenvalue weighted by Crippen LogP contribution is -1.98. The summed E-state index contributed by atoms with van der Waals surface area (Å²) < 4.78 is 5.86. The Morgan fingerprint density at radius 3 is 2.82 bits per heavy atom. The van der Waals surface area contributed by atoms with Gasteiger partial charge in [-0.05, 0) is 68.9 Å². The number of fused-ring (bicyclic) bond motifs is 1. The highest BCUT2D eigenvalue weighted by Gasteiger charge is 2.15. The van der Waals surface area contributed by atoms with Crippen LogP contribution in [0.4, 0.5) is 0 Å². The minimum Gasteiger partial charge on any atom is -0.469 e. The zero-order chi connectivity index (χ0) is 20.2. The summed E-state index contributed by atoms with van der Waals surface area (Å²) in [6.45, 7) is 6.12. The van der Waals surface area contributed by atoms with Crippen molar-refractivity contribution in [3.63, 3.8) is 0 Å². The van der Waals surface area contributed by atoms with Crippen molar-refractivity contribution in [2.45, 2.75) is 51.9 Å². The average molecular weight is 397 g/mol. The number of methoxy groups -OCH3 is 1. The number of rotatable bonds is 7. The van der Waals surface area contributed by atoms with Crippen molar-refractivity contribution in [3.8, 4) is 0 Å². The molecule has 1 heterocycles. The molecular weight excluding hydrogens is 364 g/mol. The predicted octanol–water partition coefficient (Wildman–Crippen LogP) is 7.26. The van der Waals surface area contributed by atoms with Crippen molar-refractivity contribution in [1.82, 2.24) is 0 Å². The van der Waals surface area contributed by atoms with Gasteiger partial charge in [0.25, 0.3) is 0 Å². The Hall–Kier alpha value is -2.13. The number of allylic oxidation sites excluding steroid dienone is 5. The predicted molar refractivity (Wildman–Crippen MR) is 122 cm³/mol. The molecule has 3 rings (SSSR count). The SMILES string of the molecule is C/C=C\CCCC(=O)OC.C=C1CCCC1/C=C/Cc1cc2ccccc2s1. The molecule has 3 heteroatoms. The number of thiophene rings is 1. The Morgan fingerprint density at radius 1 is 1.32 bits per heavy atom. The van der Waals surface area contributed by atoms with Crippen molar-refractivity contribution in [3.05, 3.63) is 71.7 Å². The van der Waals surface area contributed by atoms with Gasteiger partial charge in [-0.1, -0.05) is 54.7 Å². The molecule has 1 saturated carbocycles. The van der Waals surface area contributed by atoms with Crippen molar-refractivity contribution in [2.75, 3.05) is 7.11 Å².